The highest BCUT2D eigenvalue weighted by Gasteiger charge is 2.38. The summed E-state index contributed by atoms with van der Waals surface area (Å²) in [6.07, 6.45) is -0.0130. The molecule has 0 fully saturated rings. The van der Waals surface area contributed by atoms with Crippen molar-refractivity contribution in [3.05, 3.63) is 23.3 Å². The van der Waals surface area contributed by atoms with Gasteiger partial charge in [0, 0.05) is 29.5 Å². The van der Waals surface area contributed by atoms with E-state index in [-0.39, 0.29) is 23.3 Å². The zero-order valence-electron chi connectivity index (χ0n) is 20.4. The van der Waals surface area contributed by atoms with Crippen LogP contribution in [0.2, 0.25) is 0 Å². The average molecular weight is 461 g/mol. The standard InChI is InChI=1S/C25H32O8/c1-12-9-15-10-17(28-4)23(30-6)21(27)19(15)20-16(22(13(12)2)33-14(3)26)11-18(29-5)24(31-7)25(20)32-8/h10-13,22,27H,9H2,1-8H3/t12-,13-,22-/m1/s1. The first-order chi connectivity index (χ1) is 15.7. The predicted octanol–water partition coefficient (Wildman–Crippen LogP) is 4.53. The third-order valence-corrected chi connectivity index (χ3v) is 6.35. The molecule has 0 unspecified atom stereocenters. The third kappa shape index (κ3) is 4.10. The molecule has 0 heterocycles. The number of carbonyl (C=O) groups is 1. The average Bonchev–Trinajstić information content (AvgIpc) is 2.79. The minimum Gasteiger partial charge on any atom is -0.504 e. The molecule has 33 heavy (non-hydrogen) atoms. The minimum atomic E-state index is -0.609. The summed E-state index contributed by atoms with van der Waals surface area (Å²) in [5, 5.41) is 11.4. The molecule has 0 spiro atoms. The molecule has 0 radical (unpaired) electrons. The van der Waals surface area contributed by atoms with Gasteiger partial charge in [0.1, 0.15) is 6.10 Å². The summed E-state index contributed by atoms with van der Waals surface area (Å²) in [5.41, 5.74) is 2.55. The van der Waals surface area contributed by atoms with E-state index in [2.05, 4.69) is 6.92 Å². The van der Waals surface area contributed by atoms with Crippen LogP contribution in [-0.4, -0.2) is 46.6 Å². The van der Waals surface area contributed by atoms with Crippen molar-refractivity contribution in [2.45, 2.75) is 33.3 Å². The smallest absolute Gasteiger partial charge is 0.303 e. The molecule has 0 aliphatic heterocycles. The lowest BCUT2D eigenvalue weighted by atomic mass is 9.76. The van der Waals surface area contributed by atoms with E-state index in [1.807, 2.05) is 13.0 Å². The monoisotopic (exact) mass is 460 g/mol. The van der Waals surface area contributed by atoms with Crippen LogP contribution in [0.5, 0.6) is 34.5 Å². The fraction of sp³-hybridized carbons (Fsp3) is 0.480. The first-order valence-corrected chi connectivity index (χ1v) is 10.7. The number of hydrogen-bond donors (Lipinski definition) is 1. The maximum atomic E-state index is 12.1. The summed E-state index contributed by atoms with van der Waals surface area (Å²) < 4.78 is 33.8. The maximum Gasteiger partial charge on any atom is 0.303 e. The Balaban J connectivity index is 2.55. The molecule has 3 rings (SSSR count). The molecule has 0 bridgehead atoms. The molecule has 0 aromatic heterocycles. The molecule has 2 aromatic rings. The Kier molecular flexibility index (Phi) is 7.15. The highest BCUT2D eigenvalue weighted by Crippen LogP contribution is 2.57. The van der Waals surface area contributed by atoms with Crippen LogP contribution < -0.4 is 23.7 Å². The van der Waals surface area contributed by atoms with Crippen LogP contribution >= 0.6 is 0 Å². The summed E-state index contributed by atoms with van der Waals surface area (Å²) in [7, 11) is 7.54. The molecule has 8 nitrogen and oxygen atoms in total. The first-order valence-electron chi connectivity index (χ1n) is 10.7. The number of methoxy groups -OCH3 is 5. The number of esters is 1. The minimum absolute atomic E-state index is 0.0566. The van der Waals surface area contributed by atoms with Crippen LogP contribution in [0.3, 0.4) is 0 Å². The number of fused-ring (bicyclic) bond motifs is 3. The zero-order valence-corrected chi connectivity index (χ0v) is 20.4. The van der Waals surface area contributed by atoms with Gasteiger partial charge < -0.3 is 33.5 Å². The lowest BCUT2D eigenvalue weighted by Crippen LogP contribution is -2.26. The Labute approximate surface area is 194 Å². The van der Waals surface area contributed by atoms with E-state index in [4.69, 9.17) is 28.4 Å². The molecule has 3 atom stereocenters. The van der Waals surface area contributed by atoms with Crippen LogP contribution in [0, 0.1) is 11.8 Å². The molecule has 2 aromatic carbocycles. The Morgan fingerprint density at radius 3 is 1.94 bits per heavy atom. The molecule has 1 aliphatic rings. The maximum absolute atomic E-state index is 12.1. The number of phenolic OH excluding ortho intramolecular Hbond substituents is 1. The van der Waals surface area contributed by atoms with Crippen LogP contribution in [0.25, 0.3) is 11.1 Å². The van der Waals surface area contributed by atoms with E-state index in [1.165, 1.54) is 42.5 Å². The van der Waals surface area contributed by atoms with Crippen LogP contribution in [-0.2, 0) is 16.0 Å². The van der Waals surface area contributed by atoms with Gasteiger partial charge in [-0.1, -0.05) is 13.8 Å². The van der Waals surface area contributed by atoms with E-state index in [0.717, 1.165) is 5.56 Å². The van der Waals surface area contributed by atoms with Crippen LogP contribution in [0.4, 0.5) is 0 Å². The Morgan fingerprint density at radius 1 is 0.848 bits per heavy atom. The highest BCUT2D eigenvalue weighted by atomic mass is 16.5. The second-order valence-electron chi connectivity index (χ2n) is 8.17. The predicted molar refractivity (Wildman–Crippen MR) is 123 cm³/mol. The van der Waals surface area contributed by atoms with Crippen LogP contribution in [0.15, 0.2) is 12.1 Å². The van der Waals surface area contributed by atoms with Gasteiger partial charge in [-0.3, -0.25) is 4.79 Å². The van der Waals surface area contributed by atoms with Crippen molar-refractivity contribution < 1.29 is 38.3 Å². The molecule has 0 saturated carbocycles. The van der Waals surface area contributed by atoms with E-state index in [9.17, 15) is 9.90 Å². The summed E-state index contributed by atoms with van der Waals surface area (Å²) in [6, 6.07) is 3.64. The Hall–Kier alpha value is -3.29. The van der Waals surface area contributed by atoms with Crippen molar-refractivity contribution in [3.63, 3.8) is 0 Å². The van der Waals surface area contributed by atoms with Gasteiger partial charge in [0.25, 0.3) is 0 Å². The van der Waals surface area contributed by atoms with E-state index < -0.39 is 12.1 Å². The van der Waals surface area contributed by atoms with Crippen molar-refractivity contribution in [3.8, 4) is 45.6 Å². The first kappa shape index (κ1) is 24.4. The SMILES string of the molecule is COc1cc2c(c(O)c1OC)-c1c(cc(OC)c(OC)c1OC)[C@H](OC(C)=O)[C@H](C)[C@H](C)C2. The summed E-state index contributed by atoms with van der Waals surface area (Å²) in [5.74, 6) is 1.30. The Morgan fingerprint density at radius 2 is 1.42 bits per heavy atom. The fourth-order valence-corrected chi connectivity index (χ4v) is 4.59. The quantitative estimate of drug-likeness (QED) is 0.629. The molecule has 180 valence electrons. The Bertz CT molecular complexity index is 1050. The molecule has 0 amide bonds. The van der Waals surface area contributed by atoms with E-state index in [0.29, 0.717) is 46.1 Å². The van der Waals surface area contributed by atoms with Crippen LogP contribution in [0.1, 0.15) is 38.0 Å². The van der Waals surface area contributed by atoms with Crippen molar-refractivity contribution in [2.75, 3.05) is 35.5 Å². The van der Waals surface area contributed by atoms with Crippen molar-refractivity contribution in [2.24, 2.45) is 11.8 Å². The number of phenols is 1. The number of hydrogen-bond acceptors (Lipinski definition) is 8. The molecule has 1 N–H and O–H groups in total. The molecule has 8 heteroatoms. The molecule has 0 saturated heterocycles. The van der Waals surface area contributed by atoms with E-state index in [1.54, 1.807) is 6.07 Å². The number of benzene rings is 2. The second-order valence-corrected chi connectivity index (χ2v) is 8.17. The largest absolute Gasteiger partial charge is 0.504 e. The third-order valence-electron chi connectivity index (χ3n) is 6.35. The molecular weight excluding hydrogens is 428 g/mol. The normalized spacial score (nSPS) is 19.3. The number of carbonyl (C=O) groups excluding carboxylic acids is 1. The zero-order chi connectivity index (χ0) is 24.4. The second kappa shape index (κ2) is 9.68. The van der Waals surface area contributed by atoms with Gasteiger partial charge in [0.05, 0.1) is 35.5 Å². The van der Waals surface area contributed by atoms with Crippen molar-refractivity contribution >= 4 is 5.97 Å². The number of rotatable bonds is 6. The summed E-state index contributed by atoms with van der Waals surface area (Å²) in [4.78, 5) is 12.1. The fourth-order valence-electron chi connectivity index (χ4n) is 4.59. The van der Waals surface area contributed by atoms with Gasteiger partial charge in [-0.15, -0.1) is 0 Å². The highest BCUT2D eigenvalue weighted by molar-refractivity contribution is 5.88. The van der Waals surface area contributed by atoms with E-state index >= 15 is 0 Å². The molecular formula is C25H32O8. The van der Waals surface area contributed by atoms with Gasteiger partial charge in [-0.2, -0.15) is 0 Å². The summed E-state index contributed by atoms with van der Waals surface area (Å²) >= 11 is 0. The topological polar surface area (TPSA) is 92.7 Å². The lowest BCUT2D eigenvalue weighted by Gasteiger charge is -2.35. The summed E-state index contributed by atoms with van der Waals surface area (Å²) in [6.45, 7) is 5.51. The van der Waals surface area contributed by atoms with Crippen molar-refractivity contribution in [1.82, 2.24) is 0 Å². The van der Waals surface area contributed by atoms with Gasteiger partial charge in [-0.25, -0.2) is 0 Å². The van der Waals surface area contributed by atoms with Gasteiger partial charge in [0.2, 0.25) is 11.5 Å². The van der Waals surface area contributed by atoms with Gasteiger partial charge >= 0.3 is 5.97 Å². The number of ether oxygens (including phenoxy) is 6. The molecule has 1 aliphatic carbocycles. The van der Waals surface area contributed by atoms with Gasteiger partial charge in [0.15, 0.2) is 23.0 Å². The van der Waals surface area contributed by atoms with Gasteiger partial charge in [-0.05, 0) is 30.0 Å². The lowest BCUT2D eigenvalue weighted by molar-refractivity contribution is -0.150. The number of aromatic hydroxyl groups is 1. The van der Waals surface area contributed by atoms with Crippen molar-refractivity contribution in [1.29, 1.82) is 0 Å².